The lowest BCUT2D eigenvalue weighted by Gasteiger charge is -1.96. The van der Waals surface area contributed by atoms with E-state index in [9.17, 15) is 0 Å². The first-order valence-electron chi connectivity index (χ1n) is 3.27. The van der Waals surface area contributed by atoms with Crippen molar-refractivity contribution >= 4 is 24.0 Å². The smallest absolute Gasteiger partial charge is 0.0406 e. The number of hydrogen-bond acceptors (Lipinski definition) is 1. The number of hydrogen-bond donors (Lipinski definition) is 1. The molecule has 0 spiro atoms. The zero-order valence-electron chi connectivity index (χ0n) is 6.09. The van der Waals surface area contributed by atoms with Crippen LogP contribution in [-0.4, -0.2) is 6.54 Å². The van der Waals surface area contributed by atoms with Crippen LogP contribution in [0.1, 0.15) is 5.56 Å². The van der Waals surface area contributed by atoms with Crippen LogP contribution < -0.4 is 5.73 Å². The summed E-state index contributed by atoms with van der Waals surface area (Å²) in [4.78, 5) is 0. The van der Waals surface area contributed by atoms with E-state index in [-0.39, 0.29) is 12.4 Å². The molecule has 0 aliphatic carbocycles. The third-order valence-corrected chi connectivity index (χ3v) is 1.60. The molecule has 1 aromatic rings. The maximum Gasteiger partial charge on any atom is 0.0406 e. The molecule has 0 atom stereocenters. The van der Waals surface area contributed by atoms with Crippen LogP contribution in [0.4, 0.5) is 0 Å². The summed E-state index contributed by atoms with van der Waals surface area (Å²) in [7, 11) is 0. The Morgan fingerprint density at radius 2 is 1.73 bits per heavy atom. The van der Waals surface area contributed by atoms with Gasteiger partial charge in [-0.25, -0.2) is 0 Å². The molecule has 0 bridgehead atoms. The minimum atomic E-state index is 0. The quantitative estimate of drug-likeness (QED) is 0.764. The number of benzene rings is 1. The summed E-state index contributed by atoms with van der Waals surface area (Å²) >= 11 is 5.68. The second kappa shape index (κ2) is 5.42. The molecular formula is C8H11Cl2N. The minimum absolute atomic E-state index is 0. The largest absolute Gasteiger partial charge is 0.330 e. The van der Waals surface area contributed by atoms with Crippen molar-refractivity contribution in [1.29, 1.82) is 0 Å². The molecule has 0 fully saturated rings. The Morgan fingerprint density at radius 1 is 1.18 bits per heavy atom. The predicted molar refractivity (Wildman–Crippen MR) is 51.5 cm³/mol. The number of rotatable bonds is 2. The summed E-state index contributed by atoms with van der Waals surface area (Å²) in [6.45, 7) is 0.696. The van der Waals surface area contributed by atoms with Crippen molar-refractivity contribution in [2.45, 2.75) is 6.42 Å². The fourth-order valence-corrected chi connectivity index (χ4v) is 0.944. The zero-order valence-corrected chi connectivity index (χ0v) is 7.66. The molecule has 62 valence electrons. The van der Waals surface area contributed by atoms with E-state index in [0.29, 0.717) is 6.54 Å². The van der Waals surface area contributed by atoms with Crippen molar-refractivity contribution < 1.29 is 0 Å². The molecule has 0 saturated carbocycles. The van der Waals surface area contributed by atoms with Gasteiger partial charge in [0.25, 0.3) is 0 Å². The summed E-state index contributed by atoms with van der Waals surface area (Å²) in [6, 6.07) is 7.75. The van der Waals surface area contributed by atoms with Gasteiger partial charge in [-0.05, 0) is 30.7 Å². The Hall–Kier alpha value is -0.240. The molecule has 1 nitrogen and oxygen atoms in total. The Labute approximate surface area is 78.0 Å². The van der Waals surface area contributed by atoms with E-state index in [4.69, 9.17) is 17.3 Å². The standard InChI is InChI=1S/C8H10ClN.ClH/c9-8-3-1-7(2-4-8)5-6-10;/h1-4H,5-6,10H2;1H. The highest BCUT2D eigenvalue weighted by atomic mass is 35.5. The zero-order chi connectivity index (χ0) is 7.40. The summed E-state index contributed by atoms with van der Waals surface area (Å²) in [6.07, 6.45) is 0.928. The van der Waals surface area contributed by atoms with E-state index in [1.54, 1.807) is 0 Å². The van der Waals surface area contributed by atoms with Gasteiger partial charge in [0, 0.05) is 5.02 Å². The van der Waals surface area contributed by atoms with Crippen molar-refractivity contribution in [3.8, 4) is 0 Å². The van der Waals surface area contributed by atoms with Gasteiger partial charge in [0.15, 0.2) is 0 Å². The molecule has 1 rings (SSSR count). The molecule has 0 heterocycles. The van der Waals surface area contributed by atoms with E-state index in [0.717, 1.165) is 11.4 Å². The Balaban J connectivity index is 0.000001000. The van der Waals surface area contributed by atoms with Crippen molar-refractivity contribution in [1.82, 2.24) is 0 Å². The molecule has 1 aromatic carbocycles. The molecule has 2 N–H and O–H groups in total. The summed E-state index contributed by atoms with van der Waals surface area (Å²) in [5.74, 6) is 0. The lowest BCUT2D eigenvalue weighted by molar-refractivity contribution is 0.969. The third-order valence-electron chi connectivity index (χ3n) is 1.35. The molecule has 0 saturated heterocycles. The maximum absolute atomic E-state index is 5.68. The fraction of sp³-hybridized carbons (Fsp3) is 0.250. The van der Waals surface area contributed by atoms with Crippen LogP contribution in [0.25, 0.3) is 0 Å². The van der Waals surface area contributed by atoms with Gasteiger partial charge in [0.1, 0.15) is 0 Å². The van der Waals surface area contributed by atoms with Gasteiger partial charge in [-0.1, -0.05) is 23.7 Å². The highest BCUT2D eigenvalue weighted by molar-refractivity contribution is 6.30. The molecule has 3 heteroatoms. The van der Waals surface area contributed by atoms with E-state index < -0.39 is 0 Å². The van der Waals surface area contributed by atoms with Gasteiger partial charge in [-0.2, -0.15) is 0 Å². The molecule has 0 aromatic heterocycles. The lowest BCUT2D eigenvalue weighted by atomic mass is 10.2. The summed E-state index contributed by atoms with van der Waals surface area (Å²) < 4.78 is 0. The molecule has 11 heavy (non-hydrogen) atoms. The molecule has 0 unspecified atom stereocenters. The maximum atomic E-state index is 5.68. The van der Waals surface area contributed by atoms with Gasteiger partial charge in [0.05, 0.1) is 0 Å². The second-order valence-electron chi connectivity index (χ2n) is 2.17. The van der Waals surface area contributed by atoms with Crippen molar-refractivity contribution in [2.75, 3.05) is 6.54 Å². The van der Waals surface area contributed by atoms with Gasteiger partial charge < -0.3 is 5.73 Å². The first-order chi connectivity index (χ1) is 4.83. The van der Waals surface area contributed by atoms with Gasteiger partial charge in [0.2, 0.25) is 0 Å². The molecule has 0 radical (unpaired) electrons. The Morgan fingerprint density at radius 3 is 2.18 bits per heavy atom. The van der Waals surface area contributed by atoms with Crippen molar-refractivity contribution in [3.05, 3.63) is 34.9 Å². The van der Waals surface area contributed by atoms with Crippen LogP contribution in [0.15, 0.2) is 24.3 Å². The molecule has 0 aliphatic rings. The monoisotopic (exact) mass is 191 g/mol. The summed E-state index contributed by atoms with van der Waals surface area (Å²) in [5.41, 5.74) is 6.61. The summed E-state index contributed by atoms with van der Waals surface area (Å²) in [5, 5.41) is 0.778. The van der Waals surface area contributed by atoms with Crippen LogP contribution in [0, 0.1) is 0 Å². The normalized spacial score (nSPS) is 8.91. The molecule has 0 amide bonds. The average Bonchev–Trinajstić information content (AvgIpc) is 1.95. The third kappa shape index (κ3) is 3.61. The first kappa shape index (κ1) is 10.8. The highest BCUT2D eigenvalue weighted by Gasteiger charge is 1.89. The van der Waals surface area contributed by atoms with Crippen LogP contribution in [-0.2, 0) is 6.42 Å². The average molecular weight is 192 g/mol. The van der Waals surface area contributed by atoms with Crippen molar-refractivity contribution in [2.24, 2.45) is 5.73 Å². The van der Waals surface area contributed by atoms with Gasteiger partial charge in [-0.3, -0.25) is 0 Å². The Bertz CT molecular complexity index is 196. The van der Waals surface area contributed by atoms with Gasteiger partial charge >= 0.3 is 0 Å². The highest BCUT2D eigenvalue weighted by Crippen LogP contribution is 2.09. The van der Waals surface area contributed by atoms with Crippen LogP contribution in [0.5, 0.6) is 0 Å². The number of halogens is 2. The lowest BCUT2D eigenvalue weighted by Crippen LogP contribution is -2.01. The van der Waals surface area contributed by atoms with Crippen LogP contribution in [0.3, 0.4) is 0 Å². The van der Waals surface area contributed by atoms with E-state index in [1.165, 1.54) is 5.56 Å². The molecular weight excluding hydrogens is 181 g/mol. The minimum Gasteiger partial charge on any atom is -0.330 e. The first-order valence-corrected chi connectivity index (χ1v) is 3.65. The van der Waals surface area contributed by atoms with E-state index in [2.05, 4.69) is 0 Å². The van der Waals surface area contributed by atoms with Crippen LogP contribution in [0.2, 0.25) is 5.02 Å². The number of nitrogens with two attached hydrogens (primary N) is 1. The fourth-order valence-electron chi connectivity index (χ4n) is 0.818. The van der Waals surface area contributed by atoms with E-state index >= 15 is 0 Å². The Kier molecular flexibility index (Phi) is 5.30. The van der Waals surface area contributed by atoms with E-state index in [1.807, 2.05) is 24.3 Å². The molecule has 0 aliphatic heterocycles. The SMILES string of the molecule is Cl.NCCc1ccc(Cl)cc1. The topological polar surface area (TPSA) is 26.0 Å². The van der Waals surface area contributed by atoms with Gasteiger partial charge in [-0.15, -0.1) is 12.4 Å². The van der Waals surface area contributed by atoms with Crippen molar-refractivity contribution in [3.63, 3.8) is 0 Å². The predicted octanol–water partition coefficient (Wildman–Crippen LogP) is 2.26. The second-order valence-corrected chi connectivity index (χ2v) is 2.60. The van der Waals surface area contributed by atoms with Crippen LogP contribution >= 0.6 is 24.0 Å².